The van der Waals surface area contributed by atoms with E-state index in [4.69, 9.17) is 0 Å². The molecule has 3 fully saturated rings. The zero-order chi connectivity index (χ0) is 20.4. The molecule has 4 rings (SSSR count). The summed E-state index contributed by atoms with van der Waals surface area (Å²) in [5, 5.41) is 5.85. The molecule has 1 aliphatic carbocycles. The minimum absolute atomic E-state index is 0.0613. The lowest BCUT2D eigenvalue weighted by molar-refractivity contribution is -0.134. The van der Waals surface area contributed by atoms with Gasteiger partial charge in [-0.1, -0.05) is 25.3 Å². The Balaban J connectivity index is 1.37. The van der Waals surface area contributed by atoms with Crippen molar-refractivity contribution in [1.29, 1.82) is 0 Å². The largest absolute Gasteiger partial charge is 0.326 e. The molecule has 3 heterocycles. The zero-order valence-corrected chi connectivity index (χ0v) is 16.9. The van der Waals surface area contributed by atoms with Gasteiger partial charge >= 0.3 is 6.03 Å². The average Bonchev–Trinajstić information content (AvgIpc) is 2.93. The predicted octanol–water partition coefficient (Wildman–Crippen LogP) is 2.25. The van der Waals surface area contributed by atoms with Gasteiger partial charge in [-0.25, -0.2) is 14.7 Å². The number of likely N-dealkylation sites (tertiary alicyclic amines) is 1. The van der Waals surface area contributed by atoms with Crippen molar-refractivity contribution >= 4 is 23.7 Å². The van der Waals surface area contributed by atoms with E-state index in [0.717, 1.165) is 57.2 Å². The third-order valence-electron chi connectivity index (χ3n) is 6.31. The maximum absolute atomic E-state index is 13.0. The molecule has 2 N–H and O–H groups in total. The number of amides is 4. The normalized spacial score (nSPS) is 24.6. The minimum Gasteiger partial charge on any atom is -0.323 e. The number of nitrogens with zero attached hydrogens (tertiary/aromatic N) is 3. The van der Waals surface area contributed by atoms with Gasteiger partial charge in [-0.3, -0.25) is 14.5 Å². The van der Waals surface area contributed by atoms with E-state index in [0.29, 0.717) is 12.4 Å². The zero-order valence-electron chi connectivity index (χ0n) is 16.9. The van der Waals surface area contributed by atoms with Gasteiger partial charge in [-0.15, -0.1) is 0 Å². The lowest BCUT2D eigenvalue weighted by atomic mass is 9.82. The first-order valence-electron chi connectivity index (χ1n) is 10.6. The fourth-order valence-electron chi connectivity index (χ4n) is 4.74. The number of nitrogens with one attached hydrogen (secondary N) is 2. The van der Waals surface area contributed by atoms with Crippen LogP contribution in [0, 0.1) is 12.8 Å². The Labute approximate surface area is 171 Å². The summed E-state index contributed by atoms with van der Waals surface area (Å²) < 4.78 is 0. The number of piperidine rings is 1. The highest BCUT2D eigenvalue weighted by molar-refractivity contribution is 6.07. The van der Waals surface area contributed by atoms with Crippen LogP contribution in [0.3, 0.4) is 0 Å². The Morgan fingerprint density at radius 3 is 2.79 bits per heavy atom. The van der Waals surface area contributed by atoms with Crippen LogP contribution in [0.25, 0.3) is 0 Å². The van der Waals surface area contributed by atoms with Crippen molar-refractivity contribution in [3.8, 4) is 0 Å². The molecule has 1 spiro atoms. The number of imide groups is 1. The molecule has 0 aromatic carbocycles. The van der Waals surface area contributed by atoms with Crippen LogP contribution in [0.1, 0.15) is 50.6 Å². The summed E-state index contributed by atoms with van der Waals surface area (Å²) in [6.45, 7) is 3.44. The minimum atomic E-state index is -0.696. The van der Waals surface area contributed by atoms with E-state index in [9.17, 15) is 14.4 Å². The Morgan fingerprint density at radius 2 is 2.03 bits per heavy atom. The molecule has 0 bridgehead atoms. The van der Waals surface area contributed by atoms with Crippen molar-refractivity contribution in [1.82, 2.24) is 20.1 Å². The van der Waals surface area contributed by atoms with Crippen LogP contribution in [-0.2, 0) is 9.59 Å². The number of hydrogen-bond acceptors (Lipinski definition) is 5. The second-order valence-electron chi connectivity index (χ2n) is 8.52. The second kappa shape index (κ2) is 8.10. The van der Waals surface area contributed by atoms with Gasteiger partial charge in [-0.2, -0.15) is 0 Å². The smallest absolute Gasteiger partial charge is 0.323 e. The van der Waals surface area contributed by atoms with Crippen LogP contribution >= 0.6 is 0 Å². The van der Waals surface area contributed by atoms with Crippen LogP contribution in [0.5, 0.6) is 0 Å². The van der Waals surface area contributed by atoms with E-state index in [-0.39, 0.29) is 30.4 Å². The first kappa shape index (κ1) is 19.8. The first-order chi connectivity index (χ1) is 14.0. The number of pyridine rings is 1. The van der Waals surface area contributed by atoms with Crippen LogP contribution in [0.4, 0.5) is 10.6 Å². The van der Waals surface area contributed by atoms with E-state index in [1.54, 1.807) is 6.07 Å². The average molecular weight is 399 g/mol. The van der Waals surface area contributed by atoms with E-state index in [1.165, 1.54) is 4.90 Å². The van der Waals surface area contributed by atoms with Crippen LogP contribution in [0.2, 0.25) is 0 Å². The monoisotopic (exact) mass is 399 g/mol. The van der Waals surface area contributed by atoms with Gasteiger partial charge in [0.25, 0.3) is 5.91 Å². The van der Waals surface area contributed by atoms with Gasteiger partial charge in [0.2, 0.25) is 5.91 Å². The standard InChI is InChI=1S/C21H29N5O3/c1-15-7-5-9-17(22-15)23-18(27)16-8-6-12-25(13-16)14-26-19(28)21(24-20(26)29)10-3-2-4-11-21/h5,7,9,16H,2-4,6,8,10-14H2,1H3,(H,24,29)(H,22,23,27). The number of carbonyl (C=O) groups is 3. The maximum atomic E-state index is 13.0. The molecule has 1 saturated carbocycles. The Bertz CT molecular complexity index is 805. The summed E-state index contributed by atoms with van der Waals surface area (Å²) in [5.41, 5.74) is 0.155. The van der Waals surface area contributed by atoms with E-state index in [2.05, 4.69) is 15.6 Å². The van der Waals surface area contributed by atoms with Gasteiger partial charge in [0, 0.05) is 12.2 Å². The molecule has 0 radical (unpaired) electrons. The maximum Gasteiger partial charge on any atom is 0.326 e. The summed E-state index contributed by atoms with van der Waals surface area (Å²) in [5.74, 6) is 0.211. The van der Waals surface area contributed by atoms with Crippen molar-refractivity contribution in [3.05, 3.63) is 23.9 Å². The number of urea groups is 1. The number of hydrogen-bond donors (Lipinski definition) is 2. The first-order valence-corrected chi connectivity index (χ1v) is 10.6. The molecule has 4 amide bonds. The Morgan fingerprint density at radius 1 is 1.24 bits per heavy atom. The highest BCUT2D eigenvalue weighted by Crippen LogP contribution is 2.34. The number of anilines is 1. The molecule has 8 nitrogen and oxygen atoms in total. The van der Waals surface area contributed by atoms with Crippen LogP contribution in [0.15, 0.2) is 18.2 Å². The highest BCUT2D eigenvalue weighted by atomic mass is 16.2. The molecule has 156 valence electrons. The third kappa shape index (κ3) is 4.12. The summed E-state index contributed by atoms with van der Waals surface area (Å²) in [6.07, 6.45) is 6.15. The topological polar surface area (TPSA) is 94.6 Å². The van der Waals surface area contributed by atoms with Crippen LogP contribution in [-0.4, -0.2) is 57.9 Å². The fraction of sp³-hybridized carbons (Fsp3) is 0.619. The van der Waals surface area contributed by atoms with Gasteiger partial charge in [0.15, 0.2) is 0 Å². The van der Waals surface area contributed by atoms with Gasteiger partial charge in [-0.05, 0) is 51.3 Å². The Hall–Kier alpha value is -2.48. The summed E-state index contributed by atoms with van der Waals surface area (Å²) in [7, 11) is 0. The molecule has 1 unspecified atom stereocenters. The second-order valence-corrected chi connectivity index (χ2v) is 8.52. The molecule has 1 aromatic heterocycles. The van der Waals surface area contributed by atoms with Gasteiger partial charge in [0.1, 0.15) is 11.4 Å². The third-order valence-corrected chi connectivity index (χ3v) is 6.31. The molecular weight excluding hydrogens is 370 g/mol. The van der Waals surface area contributed by atoms with E-state index >= 15 is 0 Å². The quantitative estimate of drug-likeness (QED) is 0.758. The summed E-state index contributed by atoms with van der Waals surface area (Å²) in [4.78, 5) is 45.9. The van der Waals surface area contributed by atoms with Crippen molar-refractivity contribution in [2.75, 3.05) is 25.1 Å². The number of rotatable bonds is 4. The lowest BCUT2D eigenvalue weighted by Gasteiger charge is -2.34. The number of carbonyl (C=O) groups excluding carboxylic acids is 3. The summed E-state index contributed by atoms with van der Waals surface area (Å²) >= 11 is 0. The SMILES string of the molecule is Cc1cccc(NC(=O)C2CCCN(CN3C(=O)NC4(CCCCC4)C3=O)C2)n1. The van der Waals surface area contributed by atoms with Gasteiger partial charge in [0.05, 0.1) is 12.6 Å². The molecule has 1 atom stereocenters. The Kier molecular flexibility index (Phi) is 5.54. The van der Waals surface area contributed by atoms with E-state index in [1.807, 2.05) is 24.0 Å². The molecular formula is C21H29N5O3. The number of aromatic nitrogens is 1. The highest BCUT2D eigenvalue weighted by Gasteiger charge is 2.51. The van der Waals surface area contributed by atoms with Crippen molar-refractivity contribution < 1.29 is 14.4 Å². The van der Waals surface area contributed by atoms with Gasteiger partial charge < -0.3 is 10.6 Å². The predicted molar refractivity (Wildman–Crippen MR) is 108 cm³/mol. The molecule has 8 heteroatoms. The molecule has 2 aliphatic heterocycles. The van der Waals surface area contributed by atoms with Crippen molar-refractivity contribution in [2.24, 2.45) is 5.92 Å². The van der Waals surface area contributed by atoms with Crippen LogP contribution < -0.4 is 10.6 Å². The molecule has 2 saturated heterocycles. The number of aryl methyl sites for hydroxylation is 1. The lowest BCUT2D eigenvalue weighted by Crippen LogP contribution is -2.50. The molecule has 29 heavy (non-hydrogen) atoms. The fourth-order valence-corrected chi connectivity index (χ4v) is 4.74. The summed E-state index contributed by atoms with van der Waals surface area (Å²) in [6, 6.07) is 5.23. The van der Waals surface area contributed by atoms with Crippen molar-refractivity contribution in [3.63, 3.8) is 0 Å². The van der Waals surface area contributed by atoms with E-state index < -0.39 is 5.54 Å². The molecule has 3 aliphatic rings. The molecule has 1 aromatic rings. The van der Waals surface area contributed by atoms with Crippen molar-refractivity contribution in [2.45, 2.75) is 57.4 Å².